The Labute approximate surface area is 264 Å². The van der Waals surface area contributed by atoms with Crippen LogP contribution in [0.3, 0.4) is 0 Å². The number of hydrogen-bond acceptors (Lipinski definition) is 7. The lowest BCUT2D eigenvalue weighted by Crippen LogP contribution is -2.61. The minimum absolute atomic E-state index is 0.0617. The number of aromatic nitrogens is 1. The first-order valence-electron chi connectivity index (χ1n) is 14.8. The van der Waals surface area contributed by atoms with Crippen molar-refractivity contribution in [3.63, 3.8) is 0 Å². The van der Waals surface area contributed by atoms with Gasteiger partial charge in [-0.2, -0.15) is 8.61 Å². The molecule has 2 atom stereocenters. The molecule has 0 bridgehead atoms. The molecule has 1 fully saturated rings. The summed E-state index contributed by atoms with van der Waals surface area (Å²) in [6.45, 7) is 5.08. The lowest BCUT2D eigenvalue weighted by atomic mass is 9.87. The van der Waals surface area contributed by atoms with Crippen LogP contribution in [0, 0.1) is 0 Å². The summed E-state index contributed by atoms with van der Waals surface area (Å²) in [7, 11) is -8.38. The maximum absolute atomic E-state index is 14.3. The number of piperazine rings is 1. The highest BCUT2D eigenvalue weighted by Gasteiger charge is 2.44. The van der Waals surface area contributed by atoms with E-state index in [4.69, 9.17) is 0 Å². The Kier molecular flexibility index (Phi) is 9.43. The second kappa shape index (κ2) is 13.0. The number of aliphatic hydroxyl groups is 1. The van der Waals surface area contributed by atoms with Gasteiger partial charge in [-0.05, 0) is 47.2 Å². The topological polar surface area (TPSA) is 137 Å². The lowest BCUT2D eigenvalue weighted by Gasteiger charge is -2.39. The van der Waals surface area contributed by atoms with Gasteiger partial charge >= 0.3 is 0 Å². The molecule has 5 rings (SSSR count). The first-order valence-corrected chi connectivity index (χ1v) is 17.6. The average Bonchev–Trinajstić information content (AvgIpc) is 3.04. The number of carbonyl (C=O) groups excluding carboxylic acids is 1. The molecule has 2 heterocycles. The van der Waals surface area contributed by atoms with Crippen LogP contribution in [0.15, 0.2) is 101 Å². The number of sulfonamides is 2. The van der Waals surface area contributed by atoms with E-state index in [-0.39, 0.29) is 46.8 Å². The number of benzene rings is 3. The Morgan fingerprint density at radius 2 is 1.60 bits per heavy atom. The van der Waals surface area contributed by atoms with Crippen LogP contribution >= 0.6 is 0 Å². The molecule has 12 heteroatoms. The Balaban J connectivity index is 1.52. The molecule has 0 spiro atoms. The first-order chi connectivity index (χ1) is 21.3. The molecule has 238 valence electrons. The standard InChI is InChI=1S/C33H38N4O6S2/c1-33(2,3)26-14-16-27(17-15-26)44(40,41)36-20-21-37(45(42,43)30-13-7-11-25-12-8-19-34-31(25)30)29(23-36)32(39)35-28(18-22-38)24-9-5-4-6-10-24/h4-17,19,28-29,38H,18,20-23H2,1-3H3,(H,35,39)/t28?,29-/m0/s1. The Morgan fingerprint density at radius 3 is 2.27 bits per heavy atom. The number of nitrogens with zero attached hydrogens (tertiary/aromatic N) is 3. The third-order valence-corrected chi connectivity index (χ3v) is 11.9. The molecule has 0 saturated carbocycles. The maximum Gasteiger partial charge on any atom is 0.246 e. The van der Waals surface area contributed by atoms with Crippen LogP contribution in [0.1, 0.15) is 44.4 Å². The van der Waals surface area contributed by atoms with Crippen molar-refractivity contribution < 1.29 is 26.7 Å². The fourth-order valence-corrected chi connectivity index (χ4v) is 8.73. The molecule has 0 aliphatic carbocycles. The predicted molar refractivity (Wildman–Crippen MR) is 172 cm³/mol. The number of rotatable bonds is 9. The lowest BCUT2D eigenvalue weighted by molar-refractivity contribution is -0.126. The molecule has 4 aromatic rings. The van der Waals surface area contributed by atoms with Crippen molar-refractivity contribution in [2.75, 3.05) is 26.2 Å². The maximum atomic E-state index is 14.3. The zero-order valence-electron chi connectivity index (χ0n) is 25.5. The second-order valence-corrected chi connectivity index (χ2v) is 15.9. The van der Waals surface area contributed by atoms with Gasteiger partial charge < -0.3 is 10.4 Å². The van der Waals surface area contributed by atoms with Gasteiger partial charge in [-0.25, -0.2) is 16.8 Å². The summed E-state index contributed by atoms with van der Waals surface area (Å²) in [5, 5.41) is 13.2. The van der Waals surface area contributed by atoms with E-state index in [0.717, 1.165) is 15.4 Å². The number of aliphatic hydroxyl groups excluding tert-OH is 1. The summed E-state index contributed by atoms with van der Waals surface area (Å²) in [6, 6.07) is 21.9. The monoisotopic (exact) mass is 650 g/mol. The van der Waals surface area contributed by atoms with Crippen molar-refractivity contribution in [3.05, 3.63) is 102 Å². The van der Waals surface area contributed by atoms with Crippen molar-refractivity contribution in [3.8, 4) is 0 Å². The number of amides is 1. The Bertz CT molecular complexity index is 1870. The number of carbonyl (C=O) groups is 1. The van der Waals surface area contributed by atoms with Gasteiger partial charge in [0.25, 0.3) is 0 Å². The molecule has 1 aliphatic heterocycles. The van der Waals surface area contributed by atoms with Crippen molar-refractivity contribution in [1.29, 1.82) is 0 Å². The van der Waals surface area contributed by atoms with Gasteiger partial charge in [0.2, 0.25) is 26.0 Å². The van der Waals surface area contributed by atoms with E-state index in [0.29, 0.717) is 5.39 Å². The number of pyridine rings is 1. The minimum Gasteiger partial charge on any atom is -0.396 e. The predicted octanol–water partition coefficient (Wildman–Crippen LogP) is 3.84. The summed E-state index contributed by atoms with van der Waals surface area (Å²) in [5.41, 5.74) is 1.78. The molecular formula is C33H38N4O6S2. The third kappa shape index (κ3) is 6.80. The molecule has 45 heavy (non-hydrogen) atoms. The van der Waals surface area contributed by atoms with Crippen molar-refractivity contribution in [2.45, 2.75) is 54.5 Å². The first kappa shape index (κ1) is 32.7. The van der Waals surface area contributed by atoms with Gasteiger partial charge in [-0.15, -0.1) is 0 Å². The molecule has 3 aromatic carbocycles. The van der Waals surface area contributed by atoms with E-state index in [1.54, 1.807) is 72.8 Å². The summed E-state index contributed by atoms with van der Waals surface area (Å²) in [6.07, 6.45) is 1.69. The number of hydrogen-bond donors (Lipinski definition) is 2. The van der Waals surface area contributed by atoms with E-state index in [1.807, 2.05) is 26.8 Å². The van der Waals surface area contributed by atoms with Crippen molar-refractivity contribution in [2.24, 2.45) is 0 Å². The van der Waals surface area contributed by atoms with Gasteiger partial charge in [-0.1, -0.05) is 81.4 Å². The van der Waals surface area contributed by atoms with Crippen LogP contribution in [0.4, 0.5) is 0 Å². The van der Waals surface area contributed by atoms with E-state index < -0.39 is 44.6 Å². The van der Waals surface area contributed by atoms with Gasteiger partial charge in [0.1, 0.15) is 10.9 Å². The van der Waals surface area contributed by atoms with Crippen LogP contribution in [0.25, 0.3) is 10.9 Å². The fourth-order valence-electron chi connectivity index (χ4n) is 5.55. The van der Waals surface area contributed by atoms with Gasteiger partial charge in [0.05, 0.1) is 16.5 Å². The SMILES string of the molecule is CC(C)(C)c1ccc(S(=O)(=O)N2CCN(S(=O)(=O)c3cccc4cccnc34)[C@H](C(=O)NC(CCO)c3ccccc3)C2)cc1. The van der Waals surface area contributed by atoms with Gasteiger partial charge in [-0.3, -0.25) is 9.78 Å². The molecule has 1 aromatic heterocycles. The van der Waals surface area contributed by atoms with Gasteiger partial charge in [0.15, 0.2) is 0 Å². The Hall–Kier alpha value is -3.68. The second-order valence-electron chi connectivity index (χ2n) is 12.1. The zero-order chi connectivity index (χ0) is 32.4. The molecule has 1 aliphatic rings. The number of para-hydroxylation sites is 1. The van der Waals surface area contributed by atoms with E-state index in [1.165, 1.54) is 16.6 Å². The molecule has 2 N–H and O–H groups in total. The summed E-state index contributed by atoms with van der Waals surface area (Å²) in [4.78, 5) is 18.3. The zero-order valence-corrected chi connectivity index (χ0v) is 27.1. The number of fused-ring (bicyclic) bond motifs is 1. The van der Waals surface area contributed by atoms with E-state index >= 15 is 0 Å². The van der Waals surface area contributed by atoms with Crippen LogP contribution in [0.2, 0.25) is 0 Å². The minimum atomic E-state index is -4.31. The molecule has 1 saturated heterocycles. The quantitative estimate of drug-likeness (QED) is 0.281. The smallest absolute Gasteiger partial charge is 0.246 e. The van der Waals surface area contributed by atoms with E-state index in [2.05, 4.69) is 10.3 Å². The van der Waals surface area contributed by atoms with E-state index in [9.17, 15) is 26.7 Å². The highest BCUT2D eigenvalue weighted by atomic mass is 32.2. The largest absolute Gasteiger partial charge is 0.396 e. The molecule has 1 amide bonds. The fraction of sp³-hybridized carbons (Fsp3) is 0.333. The van der Waals surface area contributed by atoms with Crippen molar-refractivity contribution >= 4 is 36.9 Å². The highest BCUT2D eigenvalue weighted by molar-refractivity contribution is 7.89. The van der Waals surface area contributed by atoms with Crippen LogP contribution < -0.4 is 5.32 Å². The van der Waals surface area contributed by atoms with Gasteiger partial charge in [0, 0.05) is 37.8 Å². The third-order valence-electron chi connectivity index (χ3n) is 8.07. The molecule has 10 nitrogen and oxygen atoms in total. The summed E-state index contributed by atoms with van der Waals surface area (Å²) >= 11 is 0. The molecule has 0 radical (unpaired) electrons. The van der Waals surface area contributed by atoms with Crippen LogP contribution in [-0.4, -0.2) is 73.7 Å². The summed E-state index contributed by atoms with van der Waals surface area (Å²) in [5.74, 6) is -0.669. The highest BCUT2D eigenvalue weighted by Crippen LogP contribution is 2.30. The Morgan fingerprint density at radius 1 is 0.911 bits per heavy atom. The van der Waals surface area contributed by atoms with Crippen LogP contribution in [-0.2, 0) is 30.3 Å². The average molecular weight is 651 g/mol. The normalized spacial score (nSPS) is 17.6. The number of nitrogens with one attached hydrogen (secondary N) is 1. The van der Waals surface area contributed by atoms with Crippen molar-refractivity contribution in [1.82, 2.24) is 18.9 Å². The molecule has 1 unspecified atom stereocenters. The van der Waals surface area contributed by atoms with Crippen LogP contribution in [0.5, 0.6) is 0 Å². The molecular weight excluding hydrogens is 613 g/mol. The summed E-state index contributed by atoms with van der Waals surface area (Å²) < 4.78 is 58.4.